The number of thioether (sulfide) groups is 1. The molecule has 28 heavy (non-hydrogen) atoms. The molecule has 6 nitrogen and oxygen atoms in total. The van der Waals surface area contributed by atoms with Crippen LogP contribution in [0.3, 0.4) is 0 Å². The van der Waals surface area contributed by atoms with E-state index in [1.807, 2.05) is 51.1 Å². The lowest BCUT2D eigenvalue weighted by atomic mass is 10.1. The van der Waals surface area contributed by atoms with Gasteiger partial charge in [-0.15, -0.1) is 10.2 Å². The maximum Gasteiger partial charge on any atom is 0.257 e. The summed E-state index contributed by atoms with van der Waals surface area (Å²) in [5.74, 6) is -0.131. The molecule has 0 aliphatic heterocycles. The van der Waals surface area contributed by atoms with E-state index in [4.69, 9.17) is 0 Å². The number of hydrogen-bond donors (Lipinski definition) is 2. The van der Waals surface area contributed by atoms with Gasteiger partial charge in [0.2, 0.25) is 11.0 Å². The van der Waals surface area contributed by atoms with Crippen LogP contribution in [0.25, 0.3) is 0 Å². The van der Waals surface area contributed by atoms with Gasteiger partial charge in [0.15, 0.2) is 4.34 Å². The van der Waals surface area contributed by atoms with E-state index in [0.29, 0.717) is 15.0 Å². The SMILES string of the molecule is Cc1ccc(C(=O)Nc2nnc(SCC(=O)Nc3cc(C)ccc3C)s2)cc1. The lowest BCUT2D eigenvalue weighted by molar-refractivity contribution is -0.113. The number of aromatic nitrogens is 2. The molecular weight excluding hydrogens is 392 g/mol. The highest BCUT2D eigenvalue weighted by molar-refractivity contribution is 8.01. The second-order valence-corrected chi connectivity index (χ2v) is 8.55. The van der Waals surface area contributed by atoms with Gasteiger partial charge in [-0.25, -0.2) is 0 Å². The Morgan fingerprint density at radius 2 is 1.68 bits per heavy atom. The Hall–Kier alpha value is -2.71. The van der Waals surface area contributed by atoms with Crippen molar-refractivity contribution in [3.05, 3.63) is 64.7 Å². The third kappa shape index (κ3) is 5.40. The fourth-order valence-corrected chi connectivity index (χ4v) is 3.92. The fourth-order valence-electron chi connectivity index (χ4n) is 2.38. The van der Waals surface area contributed by atoms with E-state index in [9.17, 15) is 9.59 Å². The van der Waals surface area contributed by atoms with Crippen molar-refractivity contribution in [1.29, 1.82) is 0 Å². The summed E-state index contributed by atoms with van der Waals surface area (Å²) in [5.41, 5.74) is 4.56. The van der Waals surface area contributed by atoms with Crippen LogP contribution in [0.5, 0.6) is 0 Å². The van der Waals surface area contributed by atoms with Gasteiger partial charge in [-0.3, -0.25) is 14.9 Å². The molecule has 0 radical (unpaired) electrons. The second kappa shape index (κ2) is 8.99. The molecule has 0 aliphatic carbocycles. The van der Waals surface area contributed by atoms with Crippen LogP contribution in [0, 0.1) is 20.8 Å². The van der Waals surface area contributed by atoms with E-state index >= 15 is 0 Å². The number of carbonyl (C=O) groups excluding carboxylic acids is 2. The number of hydrogen-bond acceptors (Lipinski definition) is 6. The summed E-state index contributed by atoms with van der Waals surface area (Å²) in [5, 5.41) is 14.0. The summed E-state index contributed by atoms with van der Waals surface area (Å²) in [6, 6.07) is 13.2. The summed E-state index contributed by atoms with van der Waals surface area (Å²) in [7, 11) is 0. The zero-order valence-corrected chi connectivity index (χ0v) is 17.4. The fraction of sp³-hybridized carbons (Fsp3) is 0.200. The Kier molecular flexibility index (Phi) is 6.43. The van der Waals surface area contributed by atoms with E-state index in [1.54, 1.807) is 12.1 Å². The number of nitrogens with zero attached hydrogens (tertiary/aromatic N) is 2. The van der Waals surface area contributed by atoms with Crippen molar-refractivity contribution < 1.29 is 9.59 Å². The van der Waals surface area contributed by atoms with Gasteiger partial charge in [0, 0.05) is 11.3 Å². The molecular formula is C20H20N4O2S2. The molecule has 0 aliphatic rings. The smallest absolute Gasteiger partial charge is 0.257 e. The molecule has 0 saturated heterocycles. The van der Waals surface area contributed by atoms with Crippen molar-refractivity contribution in [2.75, 3.05) is 16.4 Å². The minimum Gasteiger partial charge on any atom is -0.325 e. The van der Waals surface area contributed by atoms with Gasteiger partial charge in [-0.2, -0.15) is 0 Å². The molecule has 2 amide bonds. The van der Waals surface area contributed by atoms with Crippen LogP contribution in [0.15, 0.2) is 46.8 Å². The van der Waals surface area contributed by atoms with Crippen molar-refractivity contribution in [3.8, 4) is 0 Å². The molecule has 0 fully saturated rings. The predicted molar refractivity (Wildman–Crippen MR) is 114 cm³/mol. The van der Waals surface area contributed by atoms with E-state index in [2.05, 4.69) is 20.8 Å². The van der Waals surface area contributed by atoms with Crippen LogP contribution in [-0.2, 0) is 4.79 Å². The number of anilines is 2. The molecule has 1 heterocycles. The van der Waals surface area contributed by atoms with Crippen molar-refractivity contribution in [2.45, 2.75) is 25.1 Å². The largest absolute Gasteiger partial charge is 0.325 e. The van der Waals surface area contributed by atoms with Crippen LogP contribution in [0.2, 0.25) is 0 Å². The Bertz CT molecular complexity index is 1000. The Morgan fingerprint density at radius 1 is 0.964 bits per heavy atom. The molecule has 2 N–H and O–H groups in total. The third-order valence-corrected chi connectivity index (χ3v) is 5.91. The van der Waals surface area contributed by atoms with Crippen molar-refractivity contribution in [1.82, 2.24) is 10.2 Å². The molecule has 2 aromatic carbocycles. The normalized spacial score (nSPS) is 10.5. The molecule has 8 heteroatoms. The Balaban J connectivity index is 1.53. The van der Waals surface area contributed by atoms with E-state index in [0.717, 1.165) is 22.4 Å². The van der Waals surface area contributed by atoms with Crippen LogP contribution >= 0.6 is 23.1 Å². The van der Waals surface area contributed by atoms with Crippen LogP contribution in [0.4, 0.5) is 10.8 Å². The molecule has 1 aromatic heterocycles. The Morgan fingerprint density at radius 3 is 2.43 bits per heavy atom. The van der Waals surface area contributed by atoms with Gasteiger partial charge >= 0.3 is 0 Å². The molecule has 0 saturated carbocycles. The Labute approximate surface area is 171 Å². The first kappa shape index (κ1) is 20.0. The van der Waals surface area contributed by atoms with Gasteiger partial charge in [-0.1, -0.05) is 52.9 Å². The van der Waals surface area contributed by atoms with E-state index < -0.39 is 0 Å². The molecule has 144 valence electrons. The average molecular weight is 413 g/mol. The quantitative estimate of drug-likeness (QED) is 0.462. The number of rotatable bonds is 6. The summed E-state index contributed by atoms with van der Waals surface area (Å²) in [4.78, 5) is 24.4. The molecule has 3 aromatic rings. The third-order valence-electron chi connectivity index (χ3n) is 3.93. The molecule has 0 atom stereocenters. The van der Waals surface area contributed by atoms with Crippen LogP contribution < -0.4 is 10.6 Å². The number of carbonyl (C=O) groups is 2. The first-order valence-corrected chi connectivity index (χ1v) is 10.4. The first-order valence-electron chi connectivity index (χ1n) is 8.62. The van der Waals surface area contributed by atoms with E-state index in [-0.39, 0.29) is 17.6 Å². The summed E-state index contributed by atoms with van der Waals surface area (Å²) in [6.07, 6.45) is 0. The average Bonchev–Trinajstić information content (AvgIpc) is 3.11. The lowest BCUT2D eigenvalue weighted by Crippen LogP contribution is -2.14. The van der Waals surface area contributed by atoms with Crippen molar-refractivity contribution >= 4 is 45.7 Å². The topological polar surface area (TPSA) is 84.0 Å². The minimum absolute atomic E-state index is 0.112. The van der Waals surface area contributed by atoms with Gasteiger partial charge in [0.1, 0.15) is 0 Å². The first-order chi connectivity index (χ1) is 13.4. The molecule has 0 unspecified atom stereocenters. The lowest BCUT2D eigenvalue weighted by Gasteiger charge is -2.08. The van der Waals surface area contributed by atoms with Gasteiger partial charge in [0.25, 0.3) is 5.91 Å². The maximum absolute atomic E-state index is 12.2. The maximum atomic E-state index is 12.2. The number of amides is 2. The highest BCUT2D eigenvalue weighted by Gasteiger charge is 2.12. The van der Waals surface area contributed by atoms with Crippen LogP contribution in [0.1, 0.15) is 27.0 Å². The zero-order valence-electron chi connectivity index (χ0n) is 15.8. The summed E-state index contributed by atoms with van der Waals surface area (Å²) in [6.45, 7) is 5.90. The molecule has 0 spiro atoms. The monoisotopic (exact) mass is 412 g/mol. The highest BCUT2D eigenvalue weighted by atomic mass is 32.2. The van der Waals surface area contributed by atoms with Gasteiger partial charge < -0.3 is 5.32 Å². The second-order valence-electron chi connectivity index (χ2n) is 6.35. The number of nitrogens with one attached hydrogen (secondary N) is 2. The standard InChI is InChI=1S/C20H20N4O2S2/c1-12-5-8-15(9-6-12)18(26)22-19-23-24-20(28-19)27-11-17(25)21-16-10-13(2)4-7-14(16)3/h4-10H,11H2,1-3H3,(H,21,25)(H,22,23,26). The highest BCUT2D eigenvalue weighted by Crippen LogP contribution is 2.26. The molecule has 3 rings (SSSR count). The minimum atomic E-state index is -0.236. The van der Waals surface area contributed by atoms with Crippen molar-refractivity contribution in [2.24, 2.45) is 0 Å². The van der Waals surface area contributed by atoms with E-state index in [1.165, 1.54) is 23.1 Å². The molecule has 0 bridgehead atoms. The summed E-state index contributed by atoms with van der Waals surface area (Å²) >= 11 is 2.53. The predicted octanol–water partition coefficient (Wildman–Crippen LogP) is 4.45. The van der Waals surface area contributed by atoms with Crippen LogP contribution in [-0.4, -0.2) is 27.8 Å². The number of aryl methyl sites for hydroxylation is 3. The van der Waals surface area contributed by atoms with Gasteiger partial charge in [-0.05, 0) is 50.1 Å². The van der Waals surface area contributed by atoms with Gasteiger partial charge in [0.05, 0.1) is 5.75 Å². The zero-order chi connectivity index (χ0) is 20.1. The summed E-state index contributed by atoms with van der Waals surface area (Å²) < 4.78 is 0.621. The number of benzene rings is 2. The van der Waals surface area contributed by atoms with Crippen molar-refractivity contribution in [3.63, 3.8) is 0 Å².